The van der Waals surface area contributed by atoms with Crippen molar-refractivity contribution >= 4 is 5.78 Å². The van der Waals surface area contributed by atoms with E-state index in [9.17, 15) is 20.3 Å². The number of aliphatic hydroxyl groups excluding tert-OH is 2. The van der Waals surface area contributed by atoms with E-state index in [4.69, 9.17) is 0 Å². The van der Waals surface area contributed by atoms with Crippen LogP contribution in [0.15, 0.2) is 23.0 Å². The molecule has 0 aromatic heterocycles. The van der Waals surface area contributed by atoms with E-state index < -0.39 is 5.41 Å². The van der Waals surface area contributed by atoms with E-state index in [2.05, 4.69) is 68.4 Å². The first kappa shape index (κ1) is 30.9. The minimum Gasteiger partial charge on any atom is -0.511 e. The van der Waals surface area contributed by atoms with Gasteiger partial charge in [0.25, 0.3) is 0 Å². The van der Waals surface area contributed by atoms with Gasteiger partial charge in [-0.1, -0.05) is 67.9 Å². The van der Waals surface area contributed by atoms with Gasteiger partial charge in [-0.25, -0.2) is 0 Å². The van der Waals surface area contributed by atoms with E-state index in [-0.39, 0.29) is 45.7 Å². The number of fused-ring (bicyclic) bond motifs is 1. The van der Waals surface area contributed by atoms with Crippen LogP contribution in [0.2, 0.25) is 0 Å². The normalized spacial score (nSPS) is 38.0. The van der Waals surface area contributed by atoms with Crippen LogP contribution in [0.5, 0.6) is 0 Å². The molecule has 0 spiro atoms. The molecule has 0 radical (unpaired) electrons. The average Bonchev–Trinajstić information content (AvgIpc) is 2.79. The van der Waals surface area contributed by atoms with Gasteiger partial charge < -0.3 is 10.2 Å². The Labute approximate surface area is 233 Å². The maximum Gasteiger partial charge on any atom is 0.152 e. The SMILES string of the molecule is CC(=O)/C=C1/[C@@]2(C)CC(C#N)=C(O)C(C)(C)[C@@H]2CC[C@@]1(C)C(C)(C)CC[C@@]1(CCO)CCC(C)(C)CC1C. The molecular formula is C34H55NO3. The summed E-state index contributed by atoms with van der Waals surface area (Å²) in [6, 6.07) is 2.30. The number of allylic oxidation sites excluding steroid dienone is 4. The number of carbonyl (C=O) groups is 1. The van der Waals surface area contributed by atoms with E-state index in [0.717, 1.165) is 38.5 Å². The van der Waals surface area contributed by atoms with E-state index in [1.54, 1.807) is 6.92 Å². The van der Waals surface area contributed by atoms with Crippen LogP contribution in [0.4, 0.5) is 0 Å². The number of hydrogen-bond acceptors (Lipinski definition) is 4. The quantitative estimate of drug-likeness (QED) is 0.326. The van der Waals surface area contributed by atoms with E-state index in [1.807, 2.05) is 6.08 Å². The van der Waals surface area contributed by atoms with E-state index in [0.29, 0.717) is 23.3 Å². The molecule has 0 amide bonds. The zero-order valence-electron chi connectivity index (χ0n) is 26.1. The van der Waals surface area contributed by atoms with Gasteiger partial charge in [-0.2, -0.15) is 5.26 Å². The maximum absolute atomic E-state index is 12.7. The van der Waals surface area contributed by atoms with Gasteiger partial charge >= 0.3 is 0 Å². The van der Waals surface area contributed by atoms with E-state index >= 15 is 0 Å². The molecular weight excluding hydrogens is 470 g/mol. The highest BCUT2D eigenvalue weighted by molar-refractivity contribution is 5.88. The van der Waals surface area contributed by atoms with Crippen molar-refractivity contribution in [2.45, 2.75) is 127 Å². The Morgan fingerprint density at radius 1 is 1.11 bits per heavy atom. The highest BCUT2D eigenvalue weighted by Crippen LogP contribution is 2.69. The lowest BCUT2D eigenvalue weighted by atomic mass is 9.41. The van der Waals surface area contributed by atoms with Gasteiger partial charge in [0, 0.05) is 12.0 Å². The lowest BCUT2D eigenvalue weighted by Crippen LogP contribution is -2.55. The minimum atomic E-state index is -0.519. The highest BCUT2D eigenvalue weighted by Gasteiger charge is 2.61. The van der Waals surface area contributed by atoms with Crippen molar-refractivity contribution in [2.75, 3.05) is 6.61 Å². The van der Waals surface area contributed by atoms with Crippen LogP contribution in [0.25, 0.3) is 0 Å². The topological polar surface area (TPSA) is 81.3 Å². The molecule has 0 saturated heterocycles. The van der Waals surface area contributed by atoms with Gasteiger partial charge in [-0.05, 0) is 110 Å². The van der Waals surface area contributed by atoms with Crippen LogP contribution in [0, 0.1) is 55.7 Å². The molecule has 4 heteroatoms. The van der Waals surface area contributed by atoms with Gasteiger partial charge in [0.1, 0.15) is 5.76 Å². The van der Waals surface area contributed by atoms with Gasteiger partial charge in [0.05, 0.1) is 11.6 Å². The smallest absolute Gasteiger partial charge is 0.152 e. The Kier molecular flexibility index (Phi) is 8.22. The maximum atomic E-state index is 12.7. The molecule has 0 bridgehead atoms. The molecule has 0 aromatic rings. The number of nitriles is 1. The number of hydrogen-bond donors (Lipinski definition) is 2. The van der Waals surface area contributed by atoms with Crippen molar-refractivity contribution in [3.63, 3.8) is 0 Å². The van der Waals surface area contributed by atoms with Gasteiger partial charge in [-0.3, -0.25) is 4.79 Å². The van der Waals surface area contributed by atoms with Gasteiger partial charge in [0.2, 0.25) is 0 Å². The first-order chi connectivity index (χ1) is 17.3. The van der Waals surface area contributed by atoms with E-state index in [1.165, 1.54) is 18.4 Å². The molecule has 4 nitrogen and oxygen atoms in total. The third-order valence-electron chi connectivity index (χ3n) is 12.3. The number of carbonyl (C=O) groups excluding carboxylic acids is 1. The highest BCUT2D eigenvalue weighted by atomic mass is 16.3. The largest absolute Gasteiger partial charge is 0.511 e. The number of nitrogens with zero attached hydrogens (tertiary/aromatic N) is 1. The molecule has 38 heavy (non-hydrogen) atoms. The molecule has 3 aliphatic carbocycles. The summed E-state index contributed by atoms with van der Waals surface area (Å²) >= 11 is 0. The second-order valence-corrected chi connectivity index (χ2v) is 15.8. The van der Waals surface area contributed by atoms with Crippen molar-refractivity contribution in [1.29, 1.82) is 5.26 Å². The monoisotopic (exact) mass is 525 g/mol. The van der Waals surface area contributed by atoms with Crippen LogP contribution in [0.1, 0.15) is 127 Å². The van der Waals surface area contributed by atoms with Crippen molar-refractivity contribution in [2.24, 2.45) is 44.3 Å². The molecule has 2 saturated carbocycles. The fourth-order valence-electron chi connectivity index (χ4n) is 9.32. The molecule has 214 valence electrons. The summed E-state index contributed by atoms with van der Waals surface area (Å²) in [5.74, 6) is 1.00. The Hall–Kier alpha value is -1.60. The van der Waals surface area contributed by atoms with Crippen molar-refractivity contribution in [3.05, 3.63) is 23.0 Å². The molecule has 3 aliphatic rings. The fourth-order valence-corrected chi connectivity index (χ4v) is 9.32. The van der Waals surface area contributed by atoms with Crippen LogP contribution in [-0.2, 0) is 4.79 Å². The summed E-state index contributed by atoms with van der Waals surface area (Å²) in [7, 11) is 0. The first-order valence-electron chi connectivity index (χ1n) is 15.0. The summed E-state index contributed by atoms with van der Waals surface area (Å²) in [5.41, 5.74) is 0.945. The molecule has 3 rings (SSSR count). The third-order valence-corrected chi connectivity index (χ3v) is 12.3. The van der Waals surface area contributed by atoms with Gasteiger partial charge in [-0.15, -0.1) is 0 Å². The number of aliphatic hydroxyl groups is 2. The van der Waals surface area contributed by atoms with Crippen LogP contribution < -0.4 is 0 Å². The number of rotatable bonds is 7. The summed E-state index contributed by atoms with van der Waals surface area (Å²) in [6.45, 7) is 22.5. The molecule has 2 N–H and O–H groups in total. The Morgan fingerprint density at radius 3 is 2.26 bits per heavy atom. The fraction of sp³-hybridized carbons (Fsp3) is 0.824. The minimum absolute atomic E-state index is 0.0545. The number of ketones is 1. The first-order valence-corrected chi connectivity index (χ1v) is 15.0. The summed E-state index contributed by atoms with van der Waals surface area (Å²) < 4.78 is 0. The third kappa shape index (κ3) is 5.02. The predicted molar refractivity (Wildman–Crippen MR) is 155 cm³/mol. The molecule has 0 heterocycles. The Morgan fingerprint density at radius 2 is 1.74 bits per heavy atom. The molecule has 5 atom stereocenters. The molecule has 2 fully saturated rings. The molecule has 0 aromatic carbocycles. The second kappa shape index (κ2) is 10.1. The lowest BCUT2D eigenvalue weighted by molar-refractivity contribution is -0.113. The van der Waals surface area contributed by atoms with Gasteiger partial charge in [0.15, 0.2) is 5.78 Å². The summed E-state index contributed by atoms with van der Waals surface area (Å²) in [4.78, 5) is 12.7. The molecule has 1 unspecified atom stereocenters. The summed E-state index contributed by atoms with van der Waals surface area (Å²) in [6.07, 6.45) is 10.8. The van der Waals surface area contributed by atoms with Crippen LogP contribution in [-0.4, -0.2) is 22.6 Å². The second-order valence-electron chi connectivity index (χ2n) is 15.8. The van der Waals surface area contributed by atoms with Crippen LogP contribution >= 0.6 is 0 Å². The van der Waals surface area contributed by atoms with Crippen LogP contribution in [0.3, 0.4) is 0 Å². The van der Waals surface area contributed by atoms with Crippen molar-refractivity contribution < 1.29 is 15.0 Å². The Bertz CT molecular complexity index is 1040. The molecule has 0 aliphatic heterocycles. The van der Waals surface area contributed by atoms with Crippen molar-refractivity contribution in [3.8, 4) is 6.07 Å². The zero-order valence-corrected chi connectivity index (χ0v) is 26.1. The Balaban J connectivity index is 2.03. The lowest BCUT2D eigenvalue weighted by Gasteiger charge is -2.62. The average molecular weight is 526 g/mol. The summed E-state index contributed by atoms with van der Waals surface area (Å²) in [5, 5.41) is 31.1. The standard InChI is InChI=1S/C34H55NO3/c1-23-20-29(3,4)13-15-34(23,17-18-36)16-14-30(5,6)33(10)12-11-26-31(7,8)28(38)25(22-35)21-32(26,9)27(33)19-24(2)37/h19,23,26,36,38H,11-18,20-21H2,1-10H3/b27-19-/t23?,26-,32-,33+,34+/m0/s1. The zero-order chi connectivity index (χ0) is 28.9. The predicted octanol–water partition coefficient (Wildman–Crippen LogP) is 8.71. The van der Waals surface area contributed by atoms with Crippen molar-refractivity contribution in [1.82, 2.24) is 0 Å².